The first-order valence-corrected chi connectivity index (χ1v) is 9.12. The molecule has 0 aliphatic rings. The molecule has 0 saturated carbocycles. The number of hydrogen-bond donors (Lipinski definition) is 3. The number of nitrogens with one attached hydrogen (secondary N) is 2. The monoisotopic (exact) mass is 499 g/mol. The molecular weight excluding hydrogens is 469 g/mol. The van der Waals surface area contributed by atoms with E-state index < -0.39 is 5.60 Å². The fourth-order valence-corrected chi connectivity index (χ4v) is 2.49. The number of aliphatic imine (C=N–C) groups is 1. The van der Waals surface area contributed by atoms with Crippen molar-refractivity contribution < 1.29 is 14.6 Å². The van der Waals surface area contributed by atoms with Crippen molar-refractivity contribution in [1.29, 1.82) is 0 Å². The Balaban J connectivity index is 0.00000392. The normalized spacial score (nSPS) is 13.1. The number of methoxy groups -OCH3 is 1. The van der Waals surface area contributed by atoms with Gasteiger partial charge in [0.1, 0.15) is 23.7 Å². The van der Waals surface area contributed by atoms with Crippen LogP contribution >= 0.6 is 24.0 Å². The number of aliphatic hydroxyl groups is 1. The first kappa shape index (κ1) is 24.0. The zero-order valence-corrected chi connectivity index (χ0v) is 19.0. The lowest BCUT2D eigenvalue weighted by Gasteiger charge is -2.22. The summed E-state index contributed by atoms with van der Waals surface area (Å²) in [6.45, 7) is 5.81. The maximum Gasteiger partial charge on any atom is 0.191 e. The number of benzene rings is 2. The highest BCUT2D eigenvalue weighted by Gasteiger charge is 2.22. The van der Waals surface area contributed by atoms with Gasteiger partial charge in [-0.15, -0.1) is 24.0 Å². The molecule has 0 heterocycles. The summed E-state index contributed by atoms with van der Waals surface area (Å²) in [5.41, 5.74) is -0.188. The van der Waals surface area contributed by atoms with Crippen LogP contribution in [0.2, 0.25) is 0 Å². The summed E-state index contributed by atoms with van der Waals surface area (Å²) >= 11 is 0. The second kappa shape index (κ2) is 12.5. The number of nitrogens with zero attached hydrogens (tertiary/aromatic N) is 1. The van der Waals surface area contributed by atoms with E-state index in [4.69, 9.17) is 9.47 Å². The molecule has 0 aromatic heterocycles. The van der Waals surface area contributed by atoms with Crippen molar-refractivity contribution in [2.24, 2.45) is 4.99 Å². The zero-order valence-electron chi connectivity index (χ0n) is 16.6. The van der Waals surface area contributed by atoms with E-state index in [1.54, 1.807) is 14.0 Å². The van der Waals surface area contributed by atoms with E-state index in [1.165, 1.54) is 0 Å². The third kappa shape index (κ3) is 7.93. The van der Waals surface area contributed by atoms with Crippen LogP contribution in [0.1, 0.15) is 19.4 Å². The Labute approximate surface area is 184 Å². The Morgan fingerprint density at radius 2 is 1.79 bits per heavy atom. The molecule has 2 rings (SSSR count). The van der Waals surface area contributed by atoms with Gasteiger partial charge in [0.2, 0.25) is 0 Å². The molecule has 0 amide bonds. The number of hydrogen-bond acceptors (Lipinski definition) is 4. The molecule has 1 unspecified atom stereocenters. The second-order valence-electron chi connectivity index (χ2n) is 6.29. The fraction of sp³-hybridized carbons (Fsp3) is 0.381. The first-order valence-electron chi connectivity index (χ1n) is 9.12. The number of ether oxygens (including phenoxy) is 2. The van der Waals surface area contributed by atoms with Crippen molar-refractivity contribution in [3.63, 3.8) is 0 Å². The number of halogens is 1. The highest BCUT2D eigenvalue weighted by atomic mass is 127. The fourth-order valence-electron chi connectivity index (χ4n) is 2.49. The van der Waals surface area contributed by atoms with E-state index in [9.17, 15) is 5.11 Å². The molecule has 0 radical (unpaired) electrons. The molecule has 0 bridgehead atoms. The van der Waals surface area contributed by atoms with Gasteiger partial charge in [-0.25, -0.2) is 4.99 Å². The molecular formula is C21H30IN3O3. The van der Waals surface area contributed by atoms with Crippen LogP contribution in [0.5, 0.6) is 11.5 Å². The van der Waals surface area contributed by atoms with Crippen molar-refractivity contribution in [2.45, 2.75) is 19.4 Å². The van der Waals surface area contributed by atoms with Gasteiger partial charge in [0, 0.05) is 12.6 Å². The van der Waals surface area contributed by atoms with Crippen LogP contribution in [0.3, 0.4) is 0 Å². The van der Waals surface area contributed by atoms with Crippen molar-refractivity contribution in [2.75, 3.05) is 33.4 Å². The molecule has 3 N–H and O–H groups in total. The van der Waals surface area contributed by atoms with E-state index >= 15 is 0 Å². The molecule has 154 valence electrons. The SMILES string of the molecule is CCNC(=NCC(C)(O)c1ccccc1)NCCOc1cccc(OC)c1.I. The van der Waals surface area contributed by atoms with E-state index in [0.717, 1.165) is 23.6 Å². The van der Waals surface area contributed by atoms with Crippen LogP contribution in [0.25, 0.3) is 0 Å². The minimum Gasteiger partial charge on any atom is -0.497 e. The molecule has 7 heteroatoms. The molecule has 0 saturated heterocycles. The first-order chi connectivity index (χ1) is 13.0. The van der Waals surface area contributed by atoms with Gasteiger partial charge in [-0.05, 0) is 31.5 Å². The molecule has 2 aromatic carbocycles. The maximum absolute atomic E-state index is 10.7. The van der Waals surface area contributed by atoms with Crippen LogP contribution < -0.4 is 20.1 Å². The third-order valence-electron chi connectivity index (χ3n) is 3.99. The van der Waals surface area contributed by atoms with Gasteiger partial charge >= 0.3 is 0 Å². The van der Waals surface area contributed by atoms with Gasteiger partial charge in [0.15, 0.2) is 5.96 Å². The van der Waals surface area contributed by atoms with Gasteiger partial charge in [-0.2, -0.15) is 0 Å². The van der Waals surface area contributed by atoms with Gasteiger partial charge < -0.3 is 25.2 Å². The second-order valence-corrected chi connectivity index (χ2v) is 6.29. The Morgan fingerprint density at radius 1 is 1.07 bits per heavy atom. The lowest BCUT2D eigenvalue weighted by molar-refractivity contribution is 0.0672. The summed E-state index contributed by atoms with van der Waals surface area (Å²) in [6.07, 6.45) is 0. The Bertz CT molecular complexity index is 724. The van der Waals surface area contributed by atoms with E-state index in [2.05, 4.69) is 15.6 Å². The standard InChI is InChI=1S/C21H29N3O3.HI/c1-4-22-20(24-16-21(2,25)17-9-6-5-7-10-17)23-13-14-27-19-12-8-11-18(15-19)26-3;/h5-12,15,25H,4,13-14,16H2,1-3H3,(H2,22,23,24);1H. The smallest absolute Gasteiger partial charge is 0.191 e. The molecule has 28 heavy (non-hydrogen) atoms. The molecule has 2 aromatic rings. The van der Waals surface area contributed by atoms with Gasteiger partial charge in [0.25, 0.3) is 0 Å². The van der Waals surface area contributed by atoms with Gasteiger partial charge in [-0.1, -0.05) is 36.4 Å². The summed E-state index contributed by atoms with van der Waals surface area (Å²) in [4.78, 5) is 4.50. The summed E-state index contributed by atoms with van der Waals surface area (Å²) < 4.78 is 10.9. The van der Waals surface area contributed by atoms with E-state index in [-0.39, 0.29) is 30.5 Å². The van der Waals surface area contributed by atoms with Crippen molar-refractivity contribution >= 4 is 29.9 Å². The highest BCUT2D eigenvalue weighted by Crippen LogP contribution is 2.20. The van der Waals surface area contributed by atoms with E-state index in [0.29, 0.717) is 19.1 Å². The Kier molecular flexibility index (Phi) is 10.7. The van der Waals surface area contributed by atoms with Crippen LogP contribution in [0.15, 0.2) is 59.6 Å². The van der Waals surface area contributed by atoms with Crippen molar-refractivity contribution in [1.82, 2.24) is 10.6 Å². The predicted octanol–water partition coefficient (Wildman–Crippen LogP) is 3.15. The summed E-state index contributed by atoms with van der Waals surface area (Å²) in [7, 11) is 1.63. The molecule has 0 aliphatic carbocycles. The summed E-state index contributed by atoms with van der Waals surface area (Å²) in [6, 6.07) is 17.0. The Morgan fingerprint density at radius 3 is 2.46 bits per heavy atom. The predicted molar refractivity (Wildman–Crippen MR) is 124 cm³/mol. The van der Waals surface area contributed by atoms with Gasteiger partial charge in [-0.3, -0.25) is 0 Å². The quantitative estimate of drug-likeness (QED) is 0.214. The summed E-state index contributed by atoms with van der Waals surface area (Å²) in [5.74, 6) is 2.16. The number of guanidine groups is 1. The number of rotatable bonds is 9. The maximum atomic E-state index is 10.7. The van der Waals surface area contributed by atoms with Crippen molar-refractivity contribution in [3.8, 4) is 11.5 Å². The van der Waals surface area contributed by atoms with Crippen molar-refractivity contribution in [3.05, 3.63) is 60.2 Å². The highest BCUT2D eigenvalue weighted by molar-refractivity contribution is 14.0. The molecule has 0 fully saturated rings. The average Bonchev–Trinajstić information content (AvgIpc) is 2.70. The lowest BCUT2D eigenvalue weighted by atomic mass is 9.96. The molecule has 0 spiro atoms. The van der Waals surface area contributed by atoms with E-state index in [1.807, 2.05) is 61.5 Å². The summed E-state index contributed by atoms with van der Waals surface area (Å²) in [5, 5.41) is 17.1. The minimum absolute atomic E-state index is 0. The Hall–Kier alpha value is -2.00. The van der Waals surface area contributed by atoms with Crippen LogP contribution in [-0.4, -0.2) is 44.4 Å². The van der Waals surface area contributed by atoms with Crippen LogP contribution in [0.4, 0.5) is 0 Å². The lowest BCUT2D eigenvalue weighted by Crippen LogP contribution is -2.40. The molecule has 6 nitrogen and oxygen atoms in total. The average molecular weight is 499 g/mol. The topological polar surface area (TPSA) is 75.1 Å². The zero-order chi connectivity index (χ0) is 19.5. The van der Waals surface area contributed by atoms with Gasteiger partial charge in [0.05, 0.1) is 20.2 Å². The molecule has 0 aliphatic heterocycles. The van der Waals surface area contributed by atoms with Crippen LogP contribution in [0, 0.1) is 0 Å². The largest absolute Gasteiger partial charge is 0.497 e. The minimum atomic E-state index is -1.03. The van der Waals surface area contributed by atoms with Crippen LogP contribution in [-0.2, 0) is 5.60 Å². The molecule has 1 atom stereocenters. The third-order valence-corrected chi connectivity index (χ3v) is 3.99.